The maximum absolute atomic E-state index is 12.8. The second-order valence-electron chi connectivity index (χ2n) is 6.60. The summed E-state index contributed by atoms with van der Waals surface area (Å²) in [5.74, 6) is -1.25. The van der Waals surface area contributed by atoms with E-state index < -0.39 is 28.5 Å². The quantitative estimate of drug-likeness (QED) is 0.701. The molecule has 0 radical (unpaired) electrons. The summed E-state index contributed by atoms with van der Waals surface area (Å²) in [6, 6.07) is 12.4. The number of anilines is 1. The van der Waals surface area contributed by atoms with Gasteiger partial charge >= 0.3 is 5.97 Å². The van der Waals surface area contributed by atoms with Crippen molar-refractivity contribution in [2.75, 3.05) is 25.0 Å². The average molecular weight is 437 g/mol. The maximum Gasteiger partial charge on any atom is 0.338 e. The van der Waals surface area contributed by atoms with Crippen LogP contribution in [0.5, 0.6) is 0 Å². The van der Waals surface area contributed by atoms with Crippen molar-refractivity contribution in [1.29, 1.82) is 0 Å². The second-order valence-corrected chi connectivity index (χ2v) is 8.94. The largest absolute Gasteiger partial charge is 0.452 e. The first-order valence-corrected chi connectivity index (χ1v) is 11.0. The number of nitrogens with one attached hydrogen (secondary N) is 1. The number of hydrogen-bond donors (Lipinski definition) is 1. The Morgan fingerprint density at radius 2 is 1.72 bits per heavy atom. The van der Waals surface area contributed by atoms with Gasteiger partial charge in [0.2, 0.25) is 10.0 Å². The molecule has 0 spiro atoms. The predicted octanol–water partition coefficient (Wildman–Crippen LogP) is 3.31. The molecule has 0 unspecified atom stereocenters. The van der Waals surface area contributed by atoms with E-state index in [0.717, 1.165) is 19.3 Å². The lowest BCUT2D eigenvalue weighted by molar-refractivity contribution is -0.119. The van der Waals surface area contributed by atoms with Crippen molar-refractivity contribution in [3.8, 4) is 0 Å². The van der Waals surface area contributed by atoms with E-state index in [1.54, 1.807) is 30.3 Å². The van der Waals surface area contributed by atoms with Crippen molar-refractivity contribution in [2.45, 2.75) is 24.2 Å². The Kier molecular flexibility index (Phi) is 6.89. The van der Waals surface area contributed by atoms with Crippen LogP contribution in [0.25, 0.3) is 0 Å². The monoisotopic (exact) mass is 436 g/mol. The molecule has 0 saturated carbocycles. The van der Waals surface area contributed by atoms with Crippen LogP contribution in [0, 0.1) is 0 Å². The summed E-state index contributed by atoms with van der Waals surface area (Å²) >= 11 is 6.10. The van der Waals surface area contributed by atoms with Crippen LogP contribution in [0.1, 0.15) is 29.6 Å². The molecule has 1 aliphatic heterocycles. The molecule has 9 heteroatoms. The van der Waals surface area contributed by atoms with E-state index >= 15 is 0 Å². The minimum absolute atomic E-state index is 0.0559. The summed E-state index contributed by atoms with van der Waals surface area (Å²) in [6.45, 7) is 0.428. The molecule has 0 aromatic heterocycles. The third kappa shape index (κ3) is 5.35. The van der Waals surface area contributed by atoms with E-state index in [2.05, 4.69) is 5.32 Å². The molecule has 0 aliphatic carbocycles. The van der Waals surface area contributed by atoms with Gasteiger partial charge in [0.1, 0.15) is 0 Å². The number of hydrogen-bond acceptors (Lipinski definition) is 5. The highest BCUT2D eigenvalue weighted by Crippen LogP contribution is 2.28. The Hall–Kier alpha value is -2.42. The van der Waals surface area contributed by atoms with Gasteiger partial charge in [-0.1, -0.05) is 36.2 Å². The van der Waals surface area contributed by atoms with Crippen LogP contribution in [-0.4, -0.2) is 44.3 Å². The highest BCUT2D eigenvalue weighted by molar-refractivity contribution is 7.89. The topological polar surface area (TPSA) is 92.8 Å². The molecule has 1 amide bonds. The lowest BCUT2D eigenvalue weighted by Gasteiger charge is -2.26. The fraction of sp³-hybridized carbons (Fsp3) is 0.300. The molecule has 1 fully saturated rings. The van der Waals surface area contributed by atoms with E-state index in [4.69, 9.17) is 16.3 Å². The summed E-state index contributed by atoms with van der Waals surface area (Å²) in [7, 11) is -3.66. The zero-order chi connectivity index (χ0) is 20.9. The Bertz CT molecular complexity index is 989. The number of piperidine rings is 1. The van der Waals surface area contributed by atoms with Gasteiger partial charge in [0.25, 0.3) is 5.91 Å². The molecule has 0 bridgehead atoms. The lowest BCUT2D eigenvalue weighted by atomic mass is 10.2. The predicted molar refractivity (Wildman–Crippen MR) is 109 cm³/mol. The number of nitrogens with zero attached hydrogens (tertiary/aromatic N) is 1. The fourth-order valence-electron chi connectivity index (χ4n) is 2.99. The number of benzene rings is 2. The number of sulfonamides is 1. The van der Waals surface area contributed by atoms with Gasteiger partial charge in [-0.3, -0.25) is 4.79 Å². The highest BCUT2D eigenvalue weighted by atomic mass is 35.5. The van der Waals surface area contributed by atoms with Gasteiger partial charge in [-0.25, -0.2) is 13.2 Å². The molecule has 3 rings (SSSR count). The molecule has 1 heterocycles. The summed E-state index contributed by atoms with van der Waals surface area (Å²) in [5.41, 5.74) is 0.471. The van der Waals surface area contributed by atoms with Gasteiger partial charge in [0, 0.05) is 13.1 Å². The second kappa shape index (κ2) is 9.39. The molecule has 7 nitrogen and oxygen atoms in total. The van der Waals surface area contributed by atoms with Crippen LogP contribution in [0.15, 0.2) is 53.4 Å². The molecule has 2 aromatic carbocycles. The zero-order valence-corrected chi connectivity index (χ0v) is 17.2. The van der Waals surface area contributed by atoms with Crippen molar-refractivity contribution >= 4 is 39.2 Å². The van der Waals surface area contributed by atoms with Crippen molar-refractivity contribution in [2.24, 2.45) is 0 Å². The average Bonchev–Trinajstić information content (AvgIpc) is 2.74. The van der Waals surface area contributed by atoms with Gasteiger partial charge < -0.3 is 10.1 Å². The first-order valence-electron chi connectivity index (χ1n) is 9.19. The van der Waals surface area contributed by atoms with Crippen molar-refractivity contribution in [3.63, 3.8) is 0 Å². The number of amides is 1. The van der Waals surface area contributed by atoms with Crippen molar-refractivity contribution < 1.29 is 22.7 Å². The first-order chi connectivity index (χ1) is 13.9. The molecule has 1 N–H and O–H groups in total. The number of rotatable bonds is 6. The maximum atomic E-state index is 12.8. The fourth-order valence-corrected chi connectivity index (χ4v) is 4.70. The van der Waals surface area contributed by atoms with Gasteiger partial charge in [-0.15, -0.1) is 0 Å². The van der Waals surface area contributed by atoms with Gasteiger partial charge in [-0.2, -0.15) is 4.31 Å². The van der Waals surface area contributed by atoms with E-state index in [-0.39, 0.29) is 15.6 Å². The van der Waals surface area contributed by atoms with Gasteiger partial charge in [0.05, 0.1) is 21.2 Å². The van der Waals surface area contributed by atoms with Crippen LogP contribution in [-0.2, 0) is 19.6 Å². The Morgan fingerprint density at radius 1 is 1.03 bits per heavy atom. The summed E-state index contributed by atoms with van der Waals surface area (Å²) in [6.07, 6.45) is 2.65. The lowest BCUT2D eigenvalue weighted by Crippen LogP contribution is -2.35. The van der Waals surface area contributed by atoms with Crippen molar-refractivity contribution in [3.05, 3.63) is 59.1 Å². The molecule has 2 aromatic rings. The van der Waals surface area contributed by atoms with Crippen LogP contribution >= 0.6 is 11.6 Å². The van der Waals surface area contributed by atoms with Crippen LogP contribution < -0.4 is 5.32 Å². The smallest absolute Gasteiger partial charge is 0.338 e. The Balaban J connectivity index is 1.66. The molecular weight excluding hydrogens is 416 g/mol. The summed E-state index contributed by atoms with van der Waals surface area (Å²) < 4.78 is 32.0. The van der Waals surface area contributed by atoms with E-state index in [9.17, 15) is 18.0 Å². The molecule has 1 aliphatic rings. The molecule has 1 saturated heterocycles. The SMILES string of the molecule is O=C(COC(=O)c1ccccc1)Nc1cc(S(=O)(=O)N2CCCCC2)ccc1Cl. The molecule has 154 valence electrons. The first kappa shape index (κ1) is 21.3. The van der Waals surface area contributed by atoms with Gasteiger partial charge in [0.15, 0.2) is 6.61 Å². The Labute approximate surface area is 174 Å². The van der Waals surface area contributed by atoms with Gasteiger partial charge in [-0.05, 0) is 43.2 Å². The third-order valence-electron chi connectivity index (χ3n) is 4.51. The normalized spacial score (nSPS) is 14.9. The number of carbonyl (C=O) groups excluding carboxylic acids is 2. The van der Waals surface area contributed by atoms with Crippen molar-refractivity contribution in [1.82, 2.24) is 4.31 Å². The highest BCUT2D eigenvalue weighted by Gasteiger charge is 2.26. The standard InChI is InChI=1S/C20H21ClN2O5S/c21-17-10-9-16(29(26,27)23-11-5-2-6-12-23)13-18(17)22-19(24)14-28-20(25)15-7-3-1-4-8-15/h1,3-4,7-10,13H,2,5-6,11-12,14H2,(H,22,24). The molecule has 29 heavy (non-hydrogen) atoms. The number of carbonyl (C=O) groups is 2. The van der Waals surface area contributed by atoms with E-state index in [1.165, 1.54) is 22.5 Å². The number of halogens is 1. The van der Waals surface area contributed by atoms with E-state index in [0.29, 0.717) is 18.7 Å². The Morgan fingerprint density at radius 3 is 2.41 bits per heavy atom. The summed E-state index contributed by atoms with van der Waals surface area (Å²) in [5, 5.41) is 2.69. The van der Waals surface area contributed by atoms with Crippen LogP contribution in [0.3, 0.4) is 0 Å². The zero-order valence-electron chi connectivity index (χ0n) is 15.6. The number of esters is 1. The van der Waals surface area contributed by atoms with E-state index in [1.807, 2.05) is 0 Å². The van der Waals surface area contributed by atoms with Crippen LogP contribution in [0.4, 0.5) is 5.69 Å². The number of ether oxygens (including phenoxy) is 1. The minimum Gasteiger partial charge on any atom is -0.452 e. The van der Waals surface area contributed by atoms with Crippen LogP contribution in [0.2, 0.25) is 5.02 Å². The molecule has 0 atom stereocenters. The summed E-state index contributed by atoms with van der Waals surface area (Å²) in [4.78, 5) is 24.1. The minimum atomic E-state index is -3.66. The third-order valence-corrected chi connectivity index (χ3v) is 6.73. The molecular formula is C20H21ClN2O5S.